The number of H-pyrrole nitrogens is 1. The van der Waals surface area contributed by atoms with Crippen LogP contribution in [0, 0.1) is 11.8 Å². The summed E-state index contributed by atoms with van der Waals surface area (Å²) >= 11 is 0. The van der Waals surface area contributed by atoms with Gasteiger partial charge in [-0.15, -0.1) is 0 Å². The first kappa shape index (κ1) is 48.8. The first-order chi connectivity index (χ1) is 33.9. The number of amides is 4. The molecule has 0 bridgehead atoms. The molecule has 4 amide bonds. The van der Waals surface area contributed by atoms with Crippen LogP contribution in [0.15, 0.2) is 65.7 Å². The van der Waals surface area contributed by atoms with Crippen molar-refractivity contribution in [1.82, 2.24) is 35.3 Å². The fraction of sp³-hybridized carbons (Fsp3) is 0.556. The van der Waals surface area contributed by atoms with Crippen LogP contribution in [0.5, 0.6) is 5.75 Å². The van der Waals surface area contributed by atoms with Crippen LogP contribution in [0.3, 0.4) is 0 Å². The van der Waals surface area contributed by atoms with Crippen LogP contribution >= 0.6 is 0 Å². The number of nitrogens with one attached hydrogen (secondary N) is 3. The number of aromatic amines is 1. The normalized spacial score (nSPS) is 22.3. The lowest BCUT2D eigenvalue weighted by Crippen LogP contribution is -2.53. The Morgan fingerprint density at radius 2 is 1.29 bits per heavy atom. The molecule has 1 aromatic heterocycles. The fourth-order valence-corrected chi connectivity index (χ4v) is 11.5. The van der Waals surface area contributed by atoms with Crippen molar-refractivity contribution in [3.05, 3.63) is 83.2 Å². The number of carbonyl (C=O) groups is 4. The second kappa shape index (κ2) is 21.5. The molecule has 0 radical (unpaired) electrons. The molecule has 9 rings (SSSR count). The Kier molecular flexibility index (Phi) is 15.0. The lowest BCUT2D eigenvalue weighted by molar-refractivity contribution is -0.135. The van der Waals surface area contributed by atoms with E-state index in [9.17, 15) is 19.2 Å². The molecule has 70 heavy (non-hydrogen) atoms. The van der Waals surface area contributed by atoms with Gasteiger partial charge < -0.3 is 44.5 Å². The zero-order chi connectivity index (χ0) is 49.1. The topological polar surface area (TPSA) is 174 Å². The molecule has 16 heteroatoms. The first-order valence-corrected chi connectivity index (χ1v) is 25.6. The second-order valence-corrected chi connectivity index (χ2v) is 20.4. The van der Waals surface area contributed by atoms with Crippen LogP contribution in [0.4, 0.5) is 21.0 Å². The maximum Gasteiger partial charge on any atom is 0.407 e. The lowest BCUT2D eigenvalue weighted by Gasteiger charge is -2.33. The van der Waals surface area contributed by atoms with E-state index in [0.717, 1.165) is 103 Å². The average Bonchev–Trinajstić information content (AvgIpc) is 4.23. The number of ether oxygens (including phenoxy) is 3. The Balaban J connectivity index is 0.980. The number of piperidine rings is 1. The van der Waals surface area contributed by atoms with Crippen LogP contribution in [-0.4, -0.2) is 126 Å². The third-order valence-electron chi connectivity index (χ3n) is 15.2. The Hall–Kier alpha value is -6.16. The van der Waals surface area contributed by atoms with Crippen LogP contribution in [0.2, 0.25) is 0 Å². The van der Waals surface area contributed by atoms with Crippen molar-refractivity contribution in [2.75, 3.05) is 58.5 Å². The molecule has 5 aliphatic heterocycles. The molecule has 4 fully saturated rings. The number of alkyl carbamates (subject to hydrolysis) is 2. The maximum absolute atomic E-state index is 14.0. The molecular weight excluding hydrogens is 887 g/mol. The molecule has 3 N–H and O–H groups in total. The van der Waals surface area contributed by atoms with Gasteiger partial charge in [-0.1, -0.05) is 52.3 Å². The number of rotatable bonds is 15. The summed E-state index contributed by atoms with van der Waals surface area (Å²) in [4.78, 5) is 75.1. The van der Waals surface area contributed by atoms with Gasteiger partial charge in [0.05, 0.1) is 55.1 Å². The Morgan fingerprint density at radius 1 is 0.686 bits per heavy atom. The van der Waals surface area contributed by atoms with Crippen molar-refractivity contribution in [3.63, 3.8) is 0 Å². The van der Waals surface area contributed by atoms with E-state index >= 15 is 0 Å². The molecule has 0 aliphatic carbocycles. The lowest BCUT2D eigenvalue weighted by atomic mass is 9.98. The van der Waals surface area contributed by atoms with Gasteiger partial charge in [0.1, 0.15) is 30.3 Å². The largest absolute Gasteiger partial charge is 0.492 e. The molecule has 6 heterocycles. The number of aliphatic imine (C=N–C) groups is 1. The van der Waals surface area contributed by atoms with Gasteiger partial charge in [0.2, 0.25) is 11.8 Å². The number of anilines is 1. The second-order valence-electron chi connectivity index (χ2n) is 20.4. The van der Waals surface area contributed by atoms with Crippen molar-refractivity contribution >= 4 is 52.1 Å². The van der Waals surface area contributed by atoms with Gasteiger partial charge in [-0.25, -0.2) is 14.6 Å². The van der Waals surface area contributed by atoms with E-state index in [1.807, 2.05) is 37.5 Å². The molecule has 374 valence electrons. The Labute approximate surface area is 411 Å². The molecular formula is C54H71N9O7. The first-order valence-electron chi connectivity index (χ1n) is 25.6. The van der Waals surface area contributed by atoms with Crippen LogP contribution in [0.1, 0.15) is 126 Å². The predicted octanol–water partition coefficient (Wildman–Crippen LogP) is 8.55. The van der Waals surface area contributed by atoms with E-state index in [0.29, 0.717) is 26.1 Å². The summed E-state index contributed by atoms with van der Waals surface area (Å²) in [6, 6.07) is 20.1. The molecule has 2 unspecified atom stereocenters. The SMILES string of the molecule is COC(=O)N[C@H](C(=O)N1CCCC1C1=Nc2cc([C@H]3CC[C@H](c4ccc5nc(C6CCCN6C(=O)[C@@H](NC(=O)OC)C(C)C)[nH]c5c4)N3c3ccc(OCCN4CCCCC4)cc3)ccc2C1)C(C)C. The van der Waals surface area contributed by atoms with Gasteiger partial charge in [-0.2, -0.15) is 0 Å². The number of benzene rings is 3. The van der Waals surface area contributed by atoms with Crippen LogP contribution in [-0.2, 0) is 25.5 Å². The number of hydrogen-bond acceptors (Lipinski definition) is 11. The maximum atomic E-state index is 14.0. The summed E-state index contributed by atoms with van der Waals surface area (Å²) in [6.07, 6.45) is 8.43. The molecule has 5 aliphatic rings. The Morgan fingerprint density at radius 3 is 1.91 bits per heavy atom. The minimum atomic E-state index is -0.709. The summed E-state index contributed by atoms with van der Waals surface area (Å²) < 4.78 is 16.0. The van der Waals surface area contributed by atoms with E-state index in [4.69, 9.17) is 24.2 Å². The zero-order valence-corrected chi connectivity index (χ0v) is 41.7. The number of nitrogens with zero attached hydrogens (tertiary/aromatic N) is 6. The van der Waals surface area contributed by atoms with Crippen molar-refractivity contribution in [3.8, 4) is 5.75 Å². The average molecular weight is 958 g/mol. The van der Waals surface area contributed by atoms with E-state index in [1.165, 1.54) is 44.6 Å². The van der Waals surface area contributed by atoms with Crippen LogP contribution < -0.4 is 20.3 Å². The van der Waals surface area contributed by atoms with Crippen molar-refractivity contribution in [1.29, 1.82) is 0 Å². The minimum absolute atomic E-state index is 0.0469. The van der Waals surface area contributed by atoms with Crippen molar-refractivity contribution < 1.29 is 33.4 Å². The van der Waals surface area contributed by atoms with Gasteiger partial charge in [-0.05, 0) is 135 Å². The minimum Gasteiger partial charge on any atom is -0.492 e. The van der Waals surface area contributed by atoms with Gasteiger partial charge in [0, 0.05) is 37.5 Å². The molecule has 4 aromatic rings. The van der Waals surface area contributed by atoms with E-state index in [1.54, 1.807) is 0 Å². The molecule has 4 saturated heterocycles. The number of fused-ring (bicyclic) bond motifs is 2. The quantitative estimate of drug-likeness (QED) is 0.105. The predicted molar refractivity (Wildman–Crippen MR) is 270 cm³/mol. The molecule has 6 atom stereocenters. The number of carbonyl (C=O) groups excluding carboxylic acids is 4. The van der Waals surface area contributed by atoms with E-state index < -0.39 is 24.3 Å². The monoisotopic (exact) mass is 958 g/mol. The highest BCUT2D eigenvalue weighted by Gasteiger charge is 2.41. The molecule has 3 aromatic carbocycles. The highest BCUT2D eigenvalue weighted by atomic mass is 16.5. The third kappa shape index (κ3) is 10.3. The van der Waals surface area contributed by atoms with Gasteiger partial charge in [-0.3, -0.25) is 19.5 Å². The Bertz CT molecular complexity index is 2550. The summed E-state index contributed by atoms with van der Waals surface area (Å²) in [5.41, 5.74) is 8.31. The van der Waals surface area contributed by atoms with Gasteiger partial charge in [0.15, 0.2) is 0 Å². The summed E-state index contributed by atoms with van der Waals surface area (Å²) in [5.74, 6) is 1.14. The smallest absolute Gasteiger partial charge is 0.407 e. The molecule has 16 nitrogen and oxygen atoms in total. The van der Waals surface area contributed by atoms with E-state index in [2.05, 4.69) is 86.1 Å². The molecule has 0 spiro atoms. The van der Waals surface area contributed by atoms with Crippen LogP contribution in [0.25, 0.3) is 11.0 Å². The van der Waals surface area contributed by atoms with Crippen molar-refractivity contribution in [2.24, 2.45) is 16.8 Å². The van der Waals surface area contributed by atoms with E-state index in [-0.39, 0.29) is 47.8 Å². The van der Waals surface area contributed by atoms with Crippen molar-refractivity contribution in [2.45, 2.75) is 128 Å². The standard InChI is InChI=1S/C54H71N9O7/c1-33(2)48(58-53(66)68-5)51(64)61-26-10-12-46(61)43-30-35-14-15-36(31-41(35)55-43)44-22-23-45(63(44)38-17-19-39(20-18-38)70-29-28-60-24-8-7-9-25-60)37-16-21-40-42(32-37)57-50(56-40)47-13-11-27-62(47)52(65)49(34(3)4)59-54(67)69-6/h14-21,31-34,44-49H,7-13,22-30H2,1-6H3,(H,56,57)(H,58,66)(H,59,67)/t44-,45-,46?,47?,48+,49+/m1/s1. The number of methoxy groups -OCH3 is 2. The summed E-state index contributed by atoms with van der Waals surface area (Å²) in [5, 5.41) is 5.52. The third-order valence-corrected chi connectivity index (χ3v) is 15.2. The molecule has 0 saturated carbocycles. The number of likely N-dealkylation sites (tertiary alicyclic amines) is 3. The number of imidazole rings is 1. The van der Waals surface area contributed by atoms with Gasteiger partial charge >= 0.3 is 12.2 Å². The highest BCUT2D eigenvalue weighted by molar-refractivity contribution is 6.01. The highest BCUT2D eigenvalue weighted by Crippen LogP contribution is 2.49. The fourth-order valence-electron chi connectivity index (χ4n) is 11.5. The number of hydrogen-bond donors (Lipinski definition) is 3. The summed E-state index contributed by atoms with van der Waals surface area (Å²) in [6.45, 7) is 12.8. The summed E-state index contributed by atoms with van der Waals surface area (Å²) in [7, 11) is 2.62. The van der Waals surface area contributed by atoms with Gasteiger partial charge in [0.25, 0.3) is 0 Å². The zero-order valence-electron chi connectivity index (χ0n) is 41.7. The number of aromatic nitrogens is 2.